The predicted molar refractivity (Wildman–Crippen MR) is 128 cm³/mol. The van der Waals surface area contributed by atoms with Gasteiger partial charge in [0.2, 0.25) is 5.16 Å². The van der Waals surface area contributed by atoms with Gasteiger partial charge in [0.1, 0.15) is 10.7 Å². The number of aromatic amines is 1. The fourth-order valence-corrected chi connectivity index (χ4v) is 5.88. The lowest BCUT2D eigenvalue weighted by atomic mass is 10.1. The summed E-state index contributed by atoms with van der Waals surface area (Å²) in [5.74, 6) is 7.81. The second-order valence-corrected chi connectivity index (χ2v) is 10.2. The Kier molecular flexibility index (Phi) is 5.12. The van der Waals surface area contributed by atoms with Crippen molar-refractivity contribution in [3.63, 3.8) is 0 Å². The van der Waals surface area contributed by atoms with E-state index in [9.17, 15) is 4.79 Å². The number of nitrogens with zero attached hydrogens (tertiary/aromatic N) is 4. The van der Waals surface area contributed by atoms with E-state index in [1.165, 1.54) is 32.7 Å². The molecule has 0 saturated carbocycles. The molecule has 0 spiro atoms. The lowest BCUT2D eigenvalue weighted by Gasteiger charge is -2.04. The number of fused-ring (bicyclic) bond motifs is 1. The van der Waals surface area contributed by atoms with Gasteiger partial charge < -0.3 is 10.8 Å². The fraction of sp³-hybridized carbons (Fsp3) is 0.143. The van der Waals surface area contributed by atoms with Gasteiger partial charge in [-0.15, -0.1) is 32.9 Å². The minimum absolute atomic E-state index is 0.127. The van der Waals surface area contributed by atoms with E-state index in [-0.39, 0.29) is 5.56 Å². The van der Waals surface area contributed by atoms with Crippen LogP contribution in [0.25, 0.3) is 32.0 Å². The molecule has 3 N–H and O–H groups in total. The summed E-state index contributed by atoms with van der Waals surface area (Å²) in [6.45, 7) is 4.09. The molecule has 156 valence electrons. The van der Waals surface area contributed by atoms with E-state index in [0.29, 0.717) is 27.9 Å². The zero-order valence-corrected chi connectivity index (χ0v) is 19.2. The van der Waals surface area contributed by atoms with E-state index in [2.05, 4.69) is 33.2 Å². The zero-order chi connectivity index (χ0) is 21.5. The van der Waals surface area contributed by atoms with Crippen molar-refractivity contribution in [2.24, 2.45) is 0 Å². The Balaban J connectivity index is 1.39. The van der Waals surface area contributed by atoms with E-state index in [4.69, 9.17) is 5.84 Å². The van der Waals surface area contributed by atoms with Crippen LogP contribution in [0.5, 0.6) is 0 Å². The summed E-state index contributed by atoms with van der Waals surface area (Å²) in [6.07, 6.45) is 0. The maximum Gasteiger partial charge on any atom is 0.260 e. The molecule has 0 atom stereocenters. The van der Waals surface area contributed by atoms with Crippen LogP contribution in [0.2, 0.25) is 0 Å². The first-order valence-electron chi connectivity index (χ1n) is 9.47. The van der Waals surface area contributed by atoms with Gasteiger partial charge in [0.05, 0.1) is 11.1 Å². The Morgan fingerprint density at radius 2 is 1.94 bits per heavy atom. The quantitative estimate of drug-likeness (QED) is 0.290. The summed E-state index contributed by atoms with van der Waals surface area (Å²) < 4.78 is 1.47. The molecule has 1 aromatic carbocycles. The van der Waals surface area contributed by atoms with Crippen molar-refractivity contribution in [1.29, 1.82) is 0 Å². The van der Waals surface area contributed by atoms with Crippen LogP contribution < -0.4 is 11.4 Å². The van der Waals surface area contributed by atoms with Gasteiger partial charge in [0.15, 0.2) is 5.82 Å². The van der Waals surface area contributed by atoms with Gasteiger partial charge in [0, 0.05) is 26.3 Å². The molecule has 4 heterocycles. The lowest BCUT2D eigenvalue weighted by molar-refractivity contribution is 0.848. The molecular weight excluding hydrogens is 448 g/mol. The van der Waals surface area contributed by atoms with Crippen LogP contribution in [0.4, 0.5) is 0 Å². The van der Waals surface area contributed by atoms with Crippen molar-refractivity contribution >= 4 is 44.7 Å². The molecule has 0 saturated heterocycles. The van der Waals surface area contributed by atoms with Crippen LogP contribution in [0.3, 0.4) is 0 Å². The summed E-state index contributed by atoms with van der Waals surface area (Å²) in [5, 5.41) is 11.6. The molecule has 0 aliphatic carbocycles. The Labute approximate surface area is 190 Å². The van der Waals surface area contributed by atoms with Crippen LogP contribution >= 0.6 is 34.4 Å². The van der Waals surface area contributed by atoms with E-state index >= 15 is 0 Å². The molecule has 0 aliphatic heterocycles. The number of nitrogens with one attached hydrogen (secondary N) is 1. The average molecular weight is 467 g/mol. The van der Waals surface area contributed by atoms with Gasteiger partial charge in [-0.1, -0.05) is 41.6 Å². The summed E-state index contributed by atoms with van der Waals surface area (Å²) in [5.41, 5.74) is 2.88. The molecule has 0 unspecified atom stereocenters. The smallest absolute Gasteiger partial charge is 0.260 e. The van der Waals surface area contributed by atoms with Crippen molar-refractivity contribution in [2.75, 3.05) is 5.84 Å². The maximum absolute atomic E-state index is 12.8. The number of benzene rings is 1. The minimum Gasteiger partial charge on any atom is -0.335 e. The van der Waals surface area contributed by atoms with Gasteiger partial charge in [-0.2, -0.15) is 0 Å². The van der Waals surface area contributed by atoms with Crippen LogP contribution in [0.15, 0.2) is 51.7 Å². The van der Waals surface area contributed by atoms with Gasteiger partial charge in [-0.05, 0) is 26.0 Å². The SMILES string of the molecule is Cc1ccc(-c2nnc(SCc3nc4scc(-c5ccc(C)s5)c4c(=O)[nH]3)n2N)cc1. The number of H-pyrrole nitrogens is 1. The average Bonchev–Trinajstić information content (AvgIpc) is 3.46. The van der Waals surface area contributed by atoms with Crippen molar-refractivity contribution < 1.29 is 0 Å². The van der Waals surface area contributed by atoms with Crippen molar-refractivity contribution in [3.8, 4) is 21.8 Å². The topological polar surface area (TPSA) is 102 Å². The molecular formula is C21H18N6OS3. The number of aromatic nitrogens is 5. The summed E-state index contributed by atoms with van der Waals surface area (Å²) in [6, 6.07) is 12.1. The van der Waals surface area contributed by atoms with E-state index in [1.54, 1.807) is 11.3 Å². The third-order valence-corrected chi connectivity index (χ3v) is 7.67. The molecule has 7 nitrogen and oxygen atoms in total. The van der Waals surface area contributed by atoms with E-state index in [1.807, 2.05) is 42.6 Å². The highest BCUT2D eigenvalue weighted by molar-refractivity contribution is 7.98. The fourth-order valence-electron chi connectivity index (χ4n) is 3.23. The van der Waals surface area contributed by atoms with Crippen LogP contribution in [0, 0.1) is 13.8 Å². The molecule has 0 radical (unpaired) electrons. The highest BCUT2D eigenvalue weighted by Gasteiger charge is 2.16. The van der Waals surface area contributed by atoms with Gasteiger partial charge in [0.25, 0.3) is 5.56 Å². The summed E-state index contributed by atoms with van der Waals surface area (Å²) >= 11 is 4.54. The summed E-state index contributed by atoms with van der Waals surface area (Å²) in [7, 11) is 0. The van der Waals surface area contributed by atoms with E-state index < -0.39 is 0 Å². The number of nitrogen functional groups attached to an aromatic ring is 1. The van der Waals surface area contributed by atoms with Crippen molar-refractivity contribution in [2.45, 2.75) is 24.8 Å². The van der Waals surface area contributed by atoms with Crippen LogP contribution in [-0.4, -0.2) is 24.8 Å². The molecule has 0 fully saturated rings. The number of hydrogen-bond donors (Lipinski definition) is 2. The number of rotatable bonds is 5. The Morgan fingerprint density at radius 3 is 2.68 bits per heavy atom. The highest BCUT2D eigenvalue weighted by Crippen LogP contribution is 2.35. The molecule has 0 amide bonds. The third-order valence-electron chi connectivity index (χ3n) is 4.81. The molecule has 0 aliphatic rings. The summed E-state index contributed by atoms with van der Waals surface area (Å²) in [4.78, 5) is 23.4. The Bertz CT molecular complexity index is 1440. The normalized spacial score (nSPS) is 11.4. The number of thioether (sulfide) groups is 1. The third kappa shape index (κ3) is 3.78. The lowest BCUT2D eigenvalue weighted by Crippen LogP contribution is -2.13. The number of aryl methyl sites for hydroxylation is 2. The second kappa shape index (κ2) is 7.95. The first-order chi connectivity index (χ1) is 15.0. The van der Waals surface area contributed by atoms with Crippen LogP contribution in [-0.2, 0) is 5.75 Å². The Morgan fingerprint density at radius 1 is 1.13 bits per heavy atom. The molecule has 10 heteroatoms. The molecule has 31 heavy (non-hydrogen) atoms. The number of nitrogens with two attached hydrogens (primary N) is 1. The second-order valence-electron chi connectivity index (χ2n) is 7.08. The van der Waals surface area contributed by atoms with E-state index in [0.717, 1.165) is 26.4 Å². The number of thiophene rings is 2. The monoisotopic (exact) mass is 466 g/mol. The zero-order valence-electron chi connectivity index (χ0n) is 16.7. The number of hydrogen-bond acceptors (Lipinski definition) is 8. The maximum atomic E-state index is 12.8. The highest BCUT2D eigenvalue weighted by atomic mass is 32.2. The predicted octanol–water partition coefficient (Wildman–Crippen LogP) is 4.59. The first kappa shape index (κ1) is 20.0. The van der Waals surface area contributed by atoms with Crippen molar-refractivity contribution in [1.82, 2.24) is 24.8 Å². The largest absolute Gasteiger partial charge is 0.335 e. The first-order valence-corrected chi connectivity index (χ1v) is 12.2. The molecule has 0 bridgehead atoms. The molecule has 5 rings (SSSR count). The van der Waals surface area contributed by atoms with Gasteiger partial charge in [-0.25, -0.2) is 9.66 Å². The van der Waals surface area contributed by atoms with Gasteiger partial charge >= 0.3 is 0 Å². The molecule has 4 aromatic heterocycles. The van der Waals surface area contributed by atoms with Crippen molar-refractivity contribution in [3.05, 3.63) is 68.4 Å². The molecule has 5 aromatic rings. The van der Waals surface area contributed by atoms with Crippen LogP contribution in [0.1, 0.15) is 16.3 Å². The van der Waals surface area contributed by atoms with Gasteiger partial charge in [-0.3, -0.25) is 4.79 Å². The Hall–Kier alpha value is -2.95. The standard InChI is InChI=1S/C21H18N6OS3/c1-11-3-6-13(7-4-11)18-25-26-21(27(18)22)30-10-16-23-19(28)17-14(9-29-20(17)24-16)15-8-5-12(2)31-15/h3-9H,10,22H2,1-2H3,(H,23,24,28). The minimum atomic E-state index is -0.127.